The third kappa shape index (κ3) is 3.95. The minimum Gasteiger partial charge on any atom is -0.487 e. The number of anilines is 1. The number of rotatable bonds is 5. The number of H-pyrrole nitrogens is 1. The number of pyridine rings is 1. The van der Waals surface area contributed by atoms with E-state index >= 15 is 0 Å². The summed E-state index contributed by atoms with van der Waals surface area (Å²) in [5.74, 6) is -0.0307. The van der Waals surface area contributed by atoms with Gasteiger partial charge in [0.1, 0.15) is 23.9 Å². The second-order valence-electron chi connectivity index (χ2n) is 6.01. The van der Waals surface area contributed by atoms with E-state index < -0.39 is 0 Å². The molecule has 0 radical (unpaired) electrons. The molecule has 0 aliphatic rings. The molecule has 134 valence electrons. The topological polar surface area (TPSA) is 67.0 Å². The molecule has 0 unspecified atom stereocenters. The Morgan fingerprint density at radius 2 is 2.00 bits per heavy atom. The van der Waals surface area contributed by atoms with Crippen LogP contribution < -0.4 is 10.1 Å². The highest BCUT2D eigenvalue weighted by atomic mass is 19.1. The lowest BCUT2D eigenvalue weighted by molar-refractivity contribution is 0.102. The first kappa shape index (κ1) is 16.8. The fourth-order valence-electron chi connectivity index (χ4n) is 2.73. The summed E-state index contributed by atoms with van der Waals surface area (Å²) in [4.78, 5) is 19.7. The number of aromatic amines is 1. The van der Waals surface area contributed by atoms with Crippen molar-refractivity contribution < 1.29 is 13.9 Å². The average Bonchev–Trinajstić information content (AvgIpc) is 3.11. The summed E-state index contributed by atoms with van der Waals surface area (Å²) < 4.78 is 19.0. The van der Waals surface area contributed by atoms with E-state index in [1.807, 2.05) is 24.3 Å². The molecule has 4 rings (SSSR count). The Morgan fingerprint density at radius 1 is 1.07 bits per heavy atom. The van der Waals surface area contributed by atoms with E-state index in [1.165, 1.54) is 12.1 Å². The van der Waals surface area contributed by atoms with Gasteiger partial charge in [0.15, 0.2) is 0 Å². The zero-order valence-corrected chi connectivity index (χ0v) is 14.3. The number of halogens is 1. The number of carbonyl (C=O) groups excluding carboxylic acids is 1. The van der Waals surface area contributed by atoms with Gasteiger partial charge in [-0.3, -0.25) is 9.78 Å². The zero-order valence-electron chi connectivity index (χ0n) is 14.3. The summed E-state index contributed by atoms with van der Waals surface area (Å²) in [7, 11) is 0. The highest BCUT2D eigenvalue weighted by Gasteiger charge is 2.11. The summed E-state index contributed by atoms with van der Waals surface area (Å²) in [6.45, 7) is 0.339. The van der Waals surface area contributed by atoms with Gasteiger partial charge >= 0.3 is 0 Å². The minimum absolute atomic E-state index is 0.312. The van der Waals surface area contributed by atoms with Crippen LogP contribution in [0.25, 0.3) is 10.9 Å². The van der Waals surface area contributed by atoms with E-state index in [0.29, 0.717) is 34.6 Å². The molecule has 0 aliphatic heterocycles. The van der Waals surface area contributed by atoms with Gasteiger partial charge in [0.25, 0.3) is 5.91 Å². The van der Waals surface area contributed by atoms with Gasteiger partial charge in [0, 0.05) is 28.9 Å². The number of fused-ring (bicyclic) bond motifs is 1. The van der Waals surface area contributed by atoms with Crippen molar-refractivity contribution in [3.05, 3.63) is 90.1 Å². The van der Waals surface area contributed by atoms with E-state index in [2.05, 4.69) is 15.3 Å². The molecule has 4 aromatic rings. The first-order valence-electron chi connectivity index (χ1n) is 8.40. The van der Waals surface area contributed by atoms with Crippen molar-refractivity contribution in [2.75, 3.05) is 5.32 Å². The van der Waals surface area contributed by atoms with Crippen molar-refractivity contribution in [2.24, 2.45) is 0 Å². The third-order valence-electron chi connectivity index (χ3n) is 4.03. The first-order chi connectivity index (χ1) is 13.2. The third-order valence-corrected chi connectivity index (χ3v) is 4.03. The zero-order chi connectivity index (χ0) is 18.6. The maximum Gasteiger partial charge on any atom is 0.272 e. The van der Waals surface area contributed by atoms with Crippen LogP contribution in [0, 0.1) is 5.82 Å². The summed E-state index contributed by atoms with van der Waals surface area (Å²) >= 11 is 0. The van der Waals surface area contributed by atoms with Crippen molar-refractivity contribution >= 4 is 22.5 Å². The number of nitrogens with zero attached hydrogens (tertiary/aromatic N) is 1. The molecular formula is C21H16FN3O2. The van der Waals surface area contributed by atoms with E-state index in [4.69, 9.17) is 4.74 Å². The summed E-state index contributed by atoms with van der Waals surface area (Å²) in [5, 5.41) is 3.46. The van der Waals surface area contributed by atoms with Crippen molar-refractivity contribution in [1.82, 2.24) is 9.97 Å². The molecule has 0 fully saturated rings. The van der Waals surface area contributed by atoms with E-state index in [9.17, 15) is 9.18 Å². The van der Waals surface area contributed by atoms with E-state index in [1.54, 1.807) is 36.5 Å². The predicted octanol–water partition coefficient (Wildman–Crippen LogP) is 4.53. The molecule has 5 nitrogen and oxygen atoms in total. The summed E-state index contributed by atoms with van der Waals surface area (Å²) in [6.07, 6.45) is 1.71. The summed E-state index contributed by atoms with van der Waals surface area (Å²) in [6, 6.07) is 18.7. The van der Waals surface area contributed by atoms with Gasteiger partial charge in [0.2, 0.25) is 0 Å². The van der Waals surface area contributed by atoms with Gasteiger partial charge in [-0.15, -0.1) is 0 Å². The van der Waals surface area contributed by atoms with Gasteiger partial charge in [-0.05, 0) is 48.5 Å². The Hall–Kier alpha value is -3.67. The van der Waals surface area contributed by atoms with Crippen LogP contribution in [0.2, 0.25) is 0 Å². The second kappa shape index (κ2) is 7.29. The number of hydrogen-bond donors (Lipinski definition) is 2. The minimum atomic E-state index is -0.341. The number of carbonyl (C=O) groups is 1. The van der Waals surface area contributed by atoms with Gasteiger partial charge in [-0.1, -0.05) is 12.1 Å². The molecule has 0 saturated carbocycles. The molecular weight excluding hydrogens is 345 g/mol. The van der Waals surface area contributed by atoms with Gasteiger partial charge in [-0.2, -0.15) is 0 Å². The van der Waals surface area contributed by atoms with Crippen LogP contribution in [-0.2, 0) is 6.61 Å². The van der Waals surface area contributed by atoms with Crippen molar-refractivity contribution in [2.45, 2.75) is 6.61 Å². The first-order valence-corrected chi connectivity index (χ1v) is 8.40. The van der Waals surface area contributed by atoms with Crippen LogP contribution in [0.4, 0.5) is 10.1 Å². The maximum atomic E-state index is 13.3. The smallest absolute Gasteiger partial charge is 0.272 e. The molecule has 1 amide bonds. The van der Waals surface area contributed by atoms with Crippen LogP contribution in [0.1, 0.15) is 16.2 Å². The number of amides is 1. The van der Waals surface area contributed by atoms with Crippen LogP contribution in [0.5, 0.6) is 5.75 Å². The highest BCUT2D eigenvalue weighted by molar-refractivity contribution is 6.06. The Labute approximate surface area is 154 Å². The SMILES string of the molecule is O=C(Nc1cccc(OCc2ccccn2)c1)c1cc2cc(F)ccc2[nH]1. The lowest BCUT2D eigenvalue weighted by Gasteiger charge is -2.08. The monoisotopic (exact) mass is 361 g/mol. The fourth-order valence-corrected chi connectivity index (χ4v) is 2.73. The fraction of sp³-hybridized carbons (Fsp3) is 0.0476. The van der Waals surface area contributed by atoms with Gasteiger partial charge in [0.05, 0.1) is 5.69 Å². The van der Waals surface area contributed by atoms with E-state index in [-0.39, 0.29) is 11.7 Å². The number of hydrogen-bond acceptors (Lipinski definition) is 3. The number of aromatic nitrogens is 2. The van der Waals surface area contributed by atoms with Crippen molar-refractivity contribution in [3.63, 3.8) is 0 Å². The van der Waals surface area contributed by atoms with Crippen LogP contribution in [0.15, 0.2) is 72.9 Å². The molecule has 0 atom stereocenters. The van der Waals surface area contributed by atoms with Crippen molar-refractivity contribution in [3.8, 4) is 5.75 Å². The molecule has 0 bridgehead atoms. The summed E-state index contributed by atoms with van der Waals surface area (Å²) in [5.41, 5.74) is 2.48. The Balaban J connectivity index is 1.46. The molecule has 27 heavy (non-hydrogen) atoms. The predicted molar refractivity (Wildman–Crippen MR) is 101 cm³/mol. The van der Waals surface area contributed by atoms with Crippen LogP contribution >= 0.6 is 0 Å². The number of benzene rings is 2. The normalized spacial score (nSPS) is 10.7. The largest absolute Gasteiger partial charge is 0.487 e. The maximum absolute atomic E-state index is 13.3. The average molecular weight is 361 g/mol. The second-order valence-corrected chi connectivity index (χ2v) is 6.01. The molecule has 0 spiro atoms. The Morgan fingerprint density at radius 3 is 2.85 bits per heavy atom. The molecule has 0 aliphatic carbocycles. The standard InChI is InChI=1S/C21H16FN3O2/c22-15-7-8-19-14(10-15)11-20(25-19)21(26)24-16-5-3-6-18(12-16)27-13-17-4-1-2-9-23-17/h1-12,25H,13H2,(H,24,26). The molecule has 0 saturated heterocycles. The molecule has 2 aromatic carbocycles. The van der Waals surface area contributed by atoms with Gasteiger partial charge < -0.3 is 15.0 Å². The Bertz CT molecular complexity index is 1090. The molecule has 2 heterocycles. The number of ether oxygens (including phenoxy) is 1. The van der Waals surface area contributed by atoms with Crippen LogP contribution in [-0.4, -0.2) is 15.9 Å². The number of nitrogens with one attached hydrogen (secondary N) is 2. The lowest BCUT2D eigenvalue weighted by atomic mass is 10.2. The van der Waals surface area contributed by atoms with E-state index in [0.717, 1.165) is 5.69 Å². The molecule has 6 heteroatoms. The Kier molecular flexibility index (Phi) is 4.53. The van der Waals surface area contributed by atoms with Gasteiger partial charge in [-0.25, -0.2) is 4.39 Å². The van der Waals surface area contributed by atoms with Crippen molar-refractivity contribution in [1.29, 1.82) is 0 Å². The molecule has 2 aromatic heterocycles. The van der Waals surface area contributed by atoms with Crippen LogP contribution in [0.3, 0.4) is 0 Å². The molecule has 2 N–H and O–H groups in total. The lowest BCUT2D eigenvalue weighted by Crippen LogP contribution is -2.12. The quantitative estimate of drug-likeness (QED) is 0.549. The highest BCUT2D eigenvalue weighted by Crippen LogP contribution is 2.21.